The van der Waals surface area contributed by atoms with Crippen molar-refractivity contribution in [2.24, 2.45) is 0 Å². The minimum atomic E-state index is -3.51. The Bertz CT molecular complexity index is 426. The summed E-state index contributed by atoms with van der Waals surface area (Å²) in [6.07, 6.45) is 4.84. The number of hydrogen-bond acceptors (Lipinski definition) is 2. The molecular formula is C9H9NO2S. The van der Waals surface area contributed by atoms with E-state index in [9.17, 15) is 8.42 Å². The van der Waals surface area contributed by atoms with Crippen LogP contribution in [0.5, 0.6) is 0 Å². The molecule has 68 valence electrons. The first-order valence-electron chi connectivity index (χ1n) is 3.60. The Labute approximate surface area is 77.8 Å². The zero-order valence-corrected chi connectivity index (χ0v) is 7.93. The van der Waals surface area contributed by atoms with Crippen molar-refractivity contribution in [2.45, 2.75) is 11.8 Å². The second kappa shape index (κ2) is 3.50. The van der Waals surface area contributed by atoms with Crippen LogP contribution in [0.3, 0.4) is 0 Å². The summed E-state index contributed by atoms with van der Waals surface area (Å²) >= 11 is 0. The smallest absolute Gasteiger partial charge is 0.238 e. The number of aryl methyl sites for hydroxylation is 1. The van der Waals surface area contributed by atoms with Crippen molar-refractivity contribution in [3.8, 4) is 12.5 Å². The molecule has 1 N–H and O–H groups in total. The Morgan fingerprint density at radius 3 is 2.31 bits per heavy atom. The lowest BCUT2D eigenvalue weighted by Crippen LogP contribution is -2.17. The third-order valence-corrected chi connectivity index (χ3v) is 2.80. The fourth-order valence-electron chi connectivity index (χ4n) is 0.854. The molecule has 4 heteroatoms. The Morgan fingerprint density at radius 1 is 1.31 bits per heavy atom. The molecule has 1 aromatic carbocycles. The van der Waals surface area contributed by atoms with E-state index in [-0.39, 0.29) is 4.90 Å². The highest BCUT2D eigenvalue weighted by atomic mass is 32.2. The lowest BCUT2D eigenvalue weighted by Gasteiger charge is -2.01. The predicted octanol–water partition coefficient (Wildman–Crippen LogP) is 0.864. The summed E-state index contributed by atoms with van der Waals surface area (Å²) in [6, 6.07) is 8.33. The van der Waals surface area contributed by atoms with Gasteiger partial charge >= 0.3 is 0 Å². The fraction of sp³-hybridized carbons (Fsp3) is 0.111. The predicted molar refractivity (Wildman–Crippen MR) is 50.3 cm³/mol. The summed E-state index contributed by atoms with van der Waals surface area (Å²) in [7, 11) is -3.51. The summed E-state index contributed by atoms with van der Waals surface area (Å²) in [5, 5.41) is 0. The minimum absolute atomic E-state index is 0.177. The molecule has 0 amide bonds. The van der Waals surface area contributed by atoms with Crippen LogP contribution in [-0.2, 0) is 10.0 Å². The molecule has 0 radical (unpaired) electrons. The van der Waals surface area contributed by atoms with Gasteiger partial charge in [0.1, 0.15) is 0 Å². The monoisotopic (exact) mass is 195 g/mol. The molecule has 0 aliphatic rings. The molecule has 1 aromatic rings. The maximum Gasteiger partial charge on any atom is 0.268 e. The summed E-state index contributed by atoms with van der Waals surface area (Å²) < 4.78 is 24.5. The highest BCUT2D eigenvalue weighted by Crippen LogP contribution is 2.08. The first-order chi connectivity index (χ1) is 6.06. The maximum absolute atomic E-state index is 11.3. The van der Waals surface area contributed by atoms with Gasteiger partial charge in [-0.1, -0.05) is 24.1 Å². The molecule has 0 aromatic heterocycles. The molecule has 0 fully saturated rings. The van der Waals surface area contributed by atoms with Crippen molar-refractivity contribution >= 4 is 10.0 Å². The van der Waals surface area contributed by atoms with Crippen LogP contribution in [0.25, 0.3) is 0 Å². The Kier molecular flexibility index (Phi) is 2.59. The lowest BCUT2D eigenvalue weighted by atomic mass is 10.2. The fourth-order valence-corrected chi connectivity index (χ4v) is 1.62. The third kappa shape index (κ3) is 2.23. The molecule has 13 heavy (non-hydrogen) atoms. The van der Waals surface area contributed by atoms with Crippen LogP contribution >= 0.6 is 0 Å². The van der Waals surface area contributed by atoms with Gasteiger partial charge in [0.25, 0.3) is 10.0 Å². The molecule has 0 saturated carbocycles. The second-order valence-corrected chi connectivity index (χ2v) is 4.25. The van der Waals surface area contributed by atoms with Crippen molar-refractivity contribution in [2.75, 3.05) is 0 Å². The van der Waals surface area contributed by atoms with Crippen LogP contribution < -0.4 is 4.72 Å². The largest absolute Gasteiger partial charge is 0.268 e. The van der Waals surface area contributed by atoms with Crippen molar-refractivity contribution in [1.29, 1.82) is 0 Å². The number of terminal acetylenes is 1. The van der Waals surface area contributed by atoms with Gasteiger partial charge in [-0.3, -0.25) is 0 Å². The zero-order chi connectivity index (χ0) is 9.90. The van der Waals surface area contributed by atoms with E-state index < -0.39 is 10.0 Å². The van der Waals surface area contributed by atoms with Gasteiger partial charge in [0.05, 0.1) is 4.90 Å². The number of rotatable bonds is 2. The number of nitrogens with one attached hydrogen (secondary N) is 1. The van der Waals surface area contributed by atoms with Crippen molar-refractivity contribution in [1.82, 2.24) is 4.72 Å². The first kappa shape index (κ1) is 9.62. The highest BCUT2D eigenvalue weighted by molar-refractivity contribution is 7.89. The van der Waals surface area contributed by atoms with Gasteiger partial charge in [0.15, 0.2) is 0 Å². The van der Waals surface area contributed by atoms with E-state index in [1.807, 2.05) is 17.7 Å². The van der Waals surface area contributed by atoms with Gasteiger partial charge in [-0.05, 0) is 19.1 Å². The third-order valence-electron chi connectivity index (χ3n) is 1.52. The summed E-state index contributed by atoms with van der Waals surface area (Å²) in [5.74, 6) is 0. The van der Waals surface area contributed by atoms with E-state index in [1.165, 1.54) is 12.1 Å². The summed E-state index contributed by atoms with van der Waals surface area (Å²) in [5.41, 5.74) is 1.000. The molecule has 0 aliphatic carbocycles. The number of hydrogen-bond donors (Lipinski definition) is 1. The molecule has 0 saturated heterocycles. The normalized spacial score (nSPS) is 10.5. The maximum atomic E-state index is 11.3. The Morgan fingerprint density at radius 2 is 1.85 bits per heavy atom. The average Bonchev–Trinajstić information content (AvgIpc) is 2.05. The molecule has 0 unspecified atom stereocenters. The molecule has 0 aliphatic heterocycles. The van der Waals surface area contributed by atoms with Crippen LogP contribution in [0.4, 0.5) is 0 Å². The second-order valence-electron chi connectivity index (χ2n) is 2.56. The molecule has 0 atom stereocenters. The van der Waals surface area contributed by atoms with E-state index in [0.29, 0.717) is 0 Å². The van der Waals surface area contributed by atoms with Crippen molar-refractivity contribution in [3.63, 3.8) is 0 Å². The van der Waals surface area contributed by atoms with Crippen molar-refractivity contribution in [3.05, 3.63) is 29.8 Å². The van der Waals surface area contributed by atoms with E-state index >= 15 is 0 Å². The van der Waals surface area contributed by atoms with E-state index in [0.717, 1.165) is 5.56 Å². The lowest BCUT2D eigenvalue weighted by molar-refractivity contribution is 0.592. The quantitative estimate of drug-likeness (QED) is 0.562. The van der Waals surface area contributed by atoms with E-state index in [4.69, 9.17) is 6.42 Å². The van der Waals surface area contributed by atoms with Gasteiger partial charge in [-0.2, -0.15) is 0 Å². The molecular weight excluding hydrogens is 186 g/mol. The molecule has 3 nitrogen and oxygen atoms in total. The highest BCUT2D eigenvalue weighted by Gasteiger charge is 2.10. The van der Waals surface area contributed by atoms with Gasteiger partial charge in [-0.25, -0.2) is 13.1 Å². The summed E-state index contributed by atoms with van der Waals surface area (Å²) in [6.45, 7) is 1.88. The van der Waals surface area contributed by atoms with Gasteiger partial charge in [-0.15, -0.1) is 0 Å². The molecule has 0 spiro atoms. The topological polar surface area (TPSA) is 46.2 Å². The molecule has 0 heterocycles. The van der Waals surface area contributed by atoms with Crippen LogP contribution in [0.15, 0.2) is 29.2 Å². The average molecular weight is 195 g/mol. The van der Waals surface area contributed by atoms with Gasteiger partial charge < -0.3 is 0 Å². The Balaban J connectivity index is 3.11. The number of sulfonamides is 1. The summed E-state index contributed by atoms with van der Waals surface area (Å²) in [4.78, 5) is 0.177. The van der Waals surface area contributed by atoms with Gasteiger partial charge in [0.2, 0.25) is 0 Å². The minimum Gasteiger partial charge on any atom is -0.238 e. The SMILES string of the molecule is C#CNS(=O)(=O)c1ccc(C)cc1. The zero-order valence-electron chi connectivity index (χ0n) is 7.11. The van der Waals surface area contributed by atoms with Crippen molar-refractivity contribution < 1.29 is 8.42 Å². The standard InChI is InChI=1S/C9H9NO2S/c1-3-10-13(11,12)9-6-4-8(2)5-7-9/h1,4-7,10H,2H3. The van der Waals surface area contributed by atoms with Crippen LogP contribution in [0.2, 0.25) is 0 Å². The van der Waals surface area contributed by atoms with Crippen LogP contribution in [0.1, 0.15) is 5.56 Å². The molecule has 1 rings (SSSR count). The first-order valence-corrected chi connectivity index (χ1v) is 5.08. The van der Waals surface area contributed by atoms with Crippen LogP contribution in [-0.4, -0.2) is 8.42 Å². The molecule has 0 bridgehead atoms. The van der Waals surface area contributed by atoms with E-state index in [2.05, 4.69) is 0 Å². The van der Waals surface area contributed by atoms with Gasteiger partial charge in [0, 0.05) is 6.04 Å². The van der Waals surface area contributed by atoms with Crippen LogP contribution in [0, 0.1) is 19.4 Å². The Hall–Kier alpha value is -1.47. The van der Waals surface area contributed by atoms with E-state index in [1.54, 1.807) is 12.1 Å². The number of benzene rings is 1.